The van der Waals surface area contributed by atoms with E-state index in [2.05, 4.69) is 110 Å². The molecule has 5 aromatic rings. The van der Waals surface area contributed by atoms with Gasteiger partial charge in [-0.25, -0.2) is 0 Å². The zero-order valence-corrected chi connectivity index (χ0v) is 15.6. The molecule has 27 heavy (non-hydrogen) atoms. The summed E-state index contributed by atoms with van der Waals surface area (Å²) in [6.45, 7) is 2.15. The first-order chi connectivity index (χ1) is 13.2. The highest BCUT2D eigenvalue weighted by Gasteiger charge is 2.13. The molecule has 1 nitrogen and oxygen atoms in total. The Balaban J connectivity index is 1.83. The molecule has 0 N–H and O–H groups in total. The van der Waals surface area contributed by atoms with Crippen LogP contribution in [-0.2, 0) is 0 Å². The minimum absolute atomic E-state index is 1.20. The van der Waals surface area contributed by atoms with Gasteiger partial charge in [-0.3, -0.25) is 0 Å². The van der Waals surface area contributed by atoms with Crippen LogP contribution in [0.4, 0.5) is 0 Å². The Kier molecular flexibility index (Phi) is 3.65. The zero-order valence-electron chi connectivity index (χ0n) is 15.6. The molecule has 0 atom stereocenters. The molecule has 0 saturated carbocycles. The van der Waals surface area contributed by atoms with Crippen LogP contribution in [0.3, 0.4) is 0 Å². The molecule has 4 aromatic carbocycles. The largest absolute Gasteiger partial charge is 0.309 e. The van der Waals surface area contributed by atoms with Crippen LogP contribution < -0.4 is 5.46 Å². The molecule has 0 fully saturated rings. The highest BCUT2D eigenvalue weighted by atomic mass is 15.0. The Bertz CT molecular complexity index is 1280. The molecular weight excluding hydrogens is 325 g/mol. The lowest BCUT2D eigenvalue weighted by Gasteiger charge is -2.10. The minimum Gasteiger partial charge on any atom is -0.309 e. The lowest BCUT2D eigenvalue weighted by molar-refractivity contribution is 1.18. The molecule has 128 valence electrons. The molecular formula is C25H20BN. The van der Waals surface area contributed by atoms with E-state index in [-0.39, 0.29) is 0 Å². The highest BCUT2D eigenvalue weighted by molar-refractivity contribution is 6.36. The first-order valence-corrected chi connectivity index (χ1v) is 9.38. The Morgan fingerprint density at radius 1 is 0.667 bits per heavy atom. The molecule has 1 aromatic heterocycles. The number of hydrogen-bond acceptors (Lipinski definition) is 0. The van der Waals surface area contributed by atoms with Crippen LogP contribution in [0.15, 0.2) is 91.0 Å². The summed E-state index contributed by atoms with van der Waals surface area (Å²) in [6.07, 6.45) is 0. The van der Waals surface area contributed by atoms with E-state index in [0.717, 1.165) is 0 Å². The first kappa shape index (κ1) is 16.0. The van der Waals surface area contributed by atoms with Gasteiger partial charge in [-0.15, -0.1) is 0 Å². The van der Waals surface area contributed by atoms with Gasteiger partial charge in [0.25, 0.3) is 0 Å². The van der Waals surface area contributed by atoms with E-state index in [9.17, 15) is 0 Å². The van der Waals surface area contributed by atoms with Crippen LogP contribution in [0.2, 0.25) is 0 Å². The van der Waals surface area contributed by atoms with Gasteiger partial charge in [0, 0.05) is 16.5 Å². The van der Waals surface area contributed by atoms with Crippen molar-refractivity contribution in [2.75, 3.05) is 0 Å². The maximum atomic E-state index is 2.36. The molecule has 0 aliphatic carbocycles. The normalized spacial score (nSPS) is 11.3. The van der Waals surface area contributed by atoms with Gasteiger partial charge in [0.15, 0.2) is 0 Å². The summed E-state index contributed by atoms with van der Waals surface area (Å²) < 4.78 is 2.36. The van der Waals surface area contributed by atoms with Gasteiger partial charge in [0.05, 0.1) is 11.0 Å². The van der Waals surface area contributed by atoms with E-state index < -0.39 is 0 Å². The summed E-state index contributed by atoms with van der Waals surface area (Å²) in [5, 5.41) is 2.59. The van der Waals surface area contributed by atoms with Crippen molar-refractivity contribution in [1.29, 1.82) is 0 Å². The zero-order chi connectivity index (χ0) is 18.4. The van der Waals surface area contributed by atoms with Crippen molar-refractivity contribution in [3.63, 3.8) is 0 Å². The monoisotopic (exact) mass is 345 g/mol. The highest BCUT2D eigenvalue weighted by Crippen LogP contribution is 2.34. The van der Waals surface area contributed by atoms with Crippen molar-refractivity contribution in [2.45, 2.75) is 6.92 Å². The second-order valence-corrected chi connectivity index (χ2v) is 7.24. The molecule has 2 heteroatoms. The van der Waals surface area contributed by atoms with Crippen LogP contribution in [0.1, 0.15) is 5.56 Å². The minimum atomic E-state index is 1.20. The lowest BCUT2D eigenvalue weighted by Crippen LogP contribution is -2.06. The number of aryl methyl sites for hydroxylation is 1. The van der Waals surface area contributed by atoms with E-state index in [1.165, 1.54) is 49.6 Å². The number of nitrogens with zero attached hydrogens (tertiary/aromatic N) is 1. The fourth-order valence-electron chi connectivity index (χ4n) is 4.13. The number of rotatable bonds is 2. The number of para-hydroxylation sites is 2. The third-order valence-corrected chi connectivity index (χ3v) is 5.38. The molecule has 0 saturated heterocycles. The van der Waals surface area contributed by atoms with Gasteiger partial charge < -0.3 is 4.57 Å². The van der Waals surface area contributed by atoms with Gasteiger partial charge in [0.1, 0.15) is 7.85 Å². The second-order valence-electron chi connectivity index (χ2n) is 7.24. The van der Waals surface area contributed by atoms with Crippen molar-refractivity contribution in [2.24, 2.45) is 0 Å². The fourth-order valence-corrected chi connectivity index (χ4v) is 4.13. The molecule has 0 unspecified atom stereocenters. The predicted octanol–water partition coefficient (Wildman–Crippen LogP) is 5.02. The maximum Gasteiger partial charge on any atom is 0.140 e. The third-order valence-electron chi connectivity index (χ3n) is 5.38. The van der Waals surface area contributed by atoms with Crippen LogP contribution in [0, 0.1) is 6.92 Å². The van der Waals surface area contributed by atoms with Crippen molar-refractivity contribution in [3.05, 3.63) is 96.6 Å². The van der Waals surface area contributed by atoms with E-state index in [0.29, 0.717) is 0 Å². The summed E-state index contributed by atoms with van der Waals surface area (Å²) in [6, 6.07) is 32.8. The molecule has 0 bridgehead atoms. The van der Waals surface area contributed by atoms with Crippen LogP contribution in [0.25, 0.3) is 38.6 Å². The summed E-state index contributed by atoms with van der Waals surface area (Å²) in [7, 11) is 2.19. The van der Waals surface area contributed by atoms with Crippen molar-refractivity contribution < 1.29 is 0 Å². The van der Waals surface area contributed by atoms with Crippen LogP contribution >= 0.6 is 0 Å². The van der Waals surface area contributed by atoms with Crippen molar-refractivity contribution in [3.8, 4) is 16.8 Å². The summed E-state index contributed by atoms with van der Waals surface area (Å²) in [4.78, 5) is 0. The maximum absolute atomic E-state index is 2.36. The molecule has 1 heterocycles. The average Bonchev–Trinajstić information content (AvgIpc) is 3.02. The molecule has 0 spiro atoms. The molecule has 0 amide bonds. The Labute approximate surface area is 160 Å². The lowest BCUT2D eigenvalue weighted by atomic mass is 9.85. The predicted molar refractivity (Wildman–Crippen MR) is 119 cm³/mol. The van der Waals surface area contributed by atoms with E-state index >= 15 is 0 Å². The van der Waals surface area contributed by atoms with Gasteiger partial charge in [-0.1, -0.05) is 71.7 Å². The van der Waals surface area contributed by atoms with Crippen molar-refractivity contribution in [1.82, 2.24) is 4.57 Å². The van der Waals surface area contributed by atoms with Gasteiger partial charge in [0.2, 0.25) is 0 Å². The van der Waals surface area contributed by atoms with Crippen LogP contribution in [-0.4, -0.2) is 12.4 Å². The van der Waals surface area contributed by atoms with Gasteiger partial charge >= 0.3 is 0 Å². The number of aromatic nitrogens is 1. The standard InChI is InChI=1S/C25H20BN/c1-17-11-13-20(23(26)15-17)18-12-14-25-22(16-18)21-9-5-6-10-24(21)27(25)19-7-3-2-4-8-19/h2-16H,26H2,1H3. The summed E-state index contributed by atoms with van der Waals surface area (Å²) in [5.74, 6) is 0. The van der Waals surface area contributed by atoms with Gasteiger partial charge in [-0.2, -0.15) is 0 Å². The SMILES string of the molecule is Bc1cc(C)ccc1-c1ccc2c(c1)c1ccccc1n2-c1ccccc1. The molecule has 0 aliphatic heterocycles. The van der Waals surface area contributed by atoms with E-state index in [1.807, 2.05) is 0 Å². The van der Waals surface area contributed by atoms with Crippen molar-refractivity contribution >= 4 is 35.1 Å². The first-order valence-electron chi connectivity index (χ1n) is 9.38. The molecule has 0 radical (unpaired) electrons. The number of fused-ring (bicyclic) bond motifs is 3. The smallest absolute Gasteiger partial charge is 0.140 e. The Hall–Kier alpha value is -3.26. The Morgan fingerprint density at radius 2 is 1.41 bits per heavy atom. The number of benzene rings is 4. The molecule has 0 aliphatic rings. The average molecular weight is 345 g/mol. The molecule has 5 rings (SSSR count). The summed E-state index contributed by atoms with van der Waals surface area (Å²) >= 11 is 0. The third kappa shape index (κ3) is 2.57. The van der Waals surface area contributed by atoms with E-state index in [1.54, 1.807) is 0 Å². The second kappa shape index (κ2) is 6.17. The van der Waals surface area contributed by atoms with Crippen LogP contribution in [0.5, 0.6) is 0 Å². The van der Waals surface area contributed by atoms with Gasteiger partial charge in [-0.05, 0) is 48.4 Å². The quantitative estimate of drug-likeness (QED) is 0.396. The fraction of sp³-hybridized carbons (Fsp3) is 0.0400. The topological polar surface area (TPSA) is 4.93 Å². The Morgan fingerprint density at radius 3 is 2.22 bits per heavy atom. The van der Waals surface area contributed by atoms with E-state index in [4.69, 9.17) is 0 Å². The summed E-state index contributed by atoms with van der Waals surface area (Å²) in [5.41, 5.74) is 8.89. The number of hydrogen-bond donors (Lipinski definition) is 0.